The molecule has 0 radical (unpaired) electrons. The monoisotopic (exact) mass is 364 g/mol. The standard InChI is InChI=1S/C22H28N4O/c1-15-8-18(14-26(11-15)21(27)9-16-12-25(2)13-16)19-6-5-17(10-23)22-20(19)4-3-7-24-22/h3-7,10,15-16,18,23H,8-9,11-14H2,1-2H3/t15-,18+/m1/s1. The lowest BCUT2D eigenvalue weighted by atomic mass is 9.83. The lowest BCUT2D eigenvalue weighted by molar-refractivity contribution is -0.135. The number of piperidine rings is 1. The minimum Gasteiger partial charge on any atom is -0.342 e. The Morgan fingerprint density at radius 2 is 2.07 bits per heavy atom. The highest BCUT2D eigenvalue weighted by molar-refractivity contribution is 5.98. The van der Waals surface area contributed by atoms with Gasteiger partial charge in [-0.05, 0) is 36.9 Å². The number of carbonyl (C=O) groups excluding carboxylic acids is 1. The second-order valence-electron chi connectivity index (χ2n) is 8.42. The number of amides is 1. The fraction of sp³-hybridized carbons (Fsp3) is 0.500. The molecule has 1 amide bonds. The van der Waals surface area contributed by atoms with Crippen molar-refractivity contribution < 1.29 is 4.79 Å². The first kappa shape index (κ1) is 18.1. The number of benzene rings is 1. The highest BCUT2D eigenvalue weighted by Crippen LogP contribution is 2.35. The van der Waals surface area contributed by atoms with Crippen LogP contribution in [0.2, 0.25) is 0 Å². The van der Waals surface area contributed by atoms with Crippen LogP contribution >= 0.6 is 0 Å². The molecule has 0 saturated carbocycles. The van der Waals surface area contributed by atoms with Crippen molar-refractivity contribution in [1.29, 1.82) is 5.41 Å². The predicted molar refractivity (Wildman–Crippen MR) is 108 cm³/mol. The summed E-state index contributed by atoms with van der Waals surface area (Å²) in [5.41, 5.74) is 3.00. The predicted octanol–water partition coefficient (Wildman–Crippen LogP) is 3.14. The average Bonchev–Trinajstić information content (AvgIpc) is 2.65. The number of carbonyl (C=O) groups is 1. The smallest absolute Gasteiger partial charge is 0.222 e. The molecule has 1 aromatic heterocycles. The minimum atomic E-state index is 0.309. The zero-order chi connectivity index (χ0) is 19.0. The van der Waals surface area contributed by atoms with Gasteiger partial charge in [0, 0.05) is 61.9 Å². The van der Waals surface area contributed by atoms with Crippen LogP contribution in [0.3, 0.4) is 0 Å². The summed E-state index contributed by atoms with van der Waals surface area (Å²) in [6, 6.07) is 8.19. The summed E-state index contributed by atoms with van der Waals surface area (Å²) < 4.78 is 0. The van der Waals surface area contributed by atoms with Gasteiger partial charge in [0.25, 0.3) is 0 Å². The topological polar surface area (TPSA) is 60.3 Å². The Morgan fingerprint density at radius 3 is 2.81 bits per heavy atom. The molecule has 2 atom stereocenters. The maximum atomic E-state index is 12.9. The summed E-state index contributed by atoms with van der Waals surface area (Å²) in [6.07, 6.45) is 4.92. The zero-order valence-corrected chi connectivity index (χ0v) is 16.2. The Hall–Kier alpha value is -2.27. The highest BCUT2D eigenvalue weighted by atomic mass is 16.2. The molecular formula is C22H28N4O. The number of aromatic nitrogens is 1. The normalized spacial score (nSPS) is 24.0. The number of likely N-dealkylation sites (tertiary alicyclic amines) is 2. The van der Waals surface area contributed by atoms with Crippen molar-refractivity contribution in [2.45, 2.75) is 25.7 Å². The summed E-state index contributed by atoms with van der Waals surface area (Å²) in [4.78, 5) is 21.7. The molecule has 5 heteroatoms. The van der Waals surface area contributed by atoms with Crippen LogP contribution in [0.15, 0.2) is 30.5 Å². The third-order valence-corrected chi connectivity index (χ3v) is 6.05. The van der Waals surface area contributed by atoms with Crippen LogP contribution in [0.5, 0.6) is 0 Å². The number of rotatable bonds is 4. The Labute approximate surface area is 160 Å². The van der Waals surface area contributed by atoms with E-state index in [9.17, 15) is 4.79 Å². The van der Waals surface area contributed by atoms with Crippen LogP contribution in [0.1, 0.15) is 36.8 Å². The van der Waals surface area contributed by atoms with E-state index in [2.05, 4.69) is 40.9 Å². The van der Waals surface area contributed by atoms with Crippen LogP contribution in [-0.4, -0.2) is 60.1 Å². The lowest BCUT2D eigenvalue weighted by Gasteiger charge is -2.40. The van der Waals surface area contributed by atoms with E-state index in [4.69, 9.17) is 5.41 Å². The molecule has 27 heavy (non-hydrogen) atoms. The molecule has 3 heterocycles. The summed E-state index contributed by atoms with van der Waals surface area (Å²) in [5, 5.41) is 8.76. The Balaban J connectivity index is 1.57. The van der Waals surface area contributed by atoms with Crippen molar-refractivity contribution in [3.05, 3.63) is 41.6 Å². The lowest BCUT2D eigenvalue weighted by Crippen LogP contribution is -2.48. The van der Waals surface area contributed by atoms with Gasteiger partial charge in [-0.3, -0.25) is 9.78 Å². The molecule has 142 valence electrons. The van der Waals surface area contributed by atoms with Gasteiger partial charge in [-0.25, -0.2) is 0 Å². The van der Waals surface area contributed by atoms with E-state index in [-0.39, 0.29) is 0 Å². The van der Waals surface area contributed by atoms with E-state index in [0.29, 0.717) is 30.1 Å². The molecule has 2 aliphatic rings. The van der Waals surface area contributed by atoms with Gasteiger partial charge in [-0.15, -0.1) is 0 Å². The molecule has 2 saturated heterocycles. The molecule has 4 rings (SSSR count). The third-order valence-electron chi connectivity index (χ3n) is 6.05. The first-order chi connectivity index (χ1) is 13.0. The average molecular weight is 364 g/mol. The largest absolute Gasteiger partial charge is 0.342 e. The van der Waals surface area contributed by atoms with Crippen LogP contribution in [0.4, 0.5) is 0 Å². The summed E-state index contributed by atoms with van der Waals surface area (Å²) in [7, 11) is 2.11. The Kier molecular flexibility index (Phi) is 4.96. The molecule has 2 fully saturated rings. The van der Waals surface area contributed by atoms with Crippen LogP contribution in [0, 0.1) is 17.2 Å². The number of hydrogen-bond donors (Lipinski definition) is 1. The van der Waals surface area contributed by atoms with E-state index >= 15 is 0 Å². The van der Waals surface area contributed by atoms with Gasteiger partial charge >= 0.3 is 0 Å². The number of fused-ring (bicyclic) bond motifs is 1. The molecule has 0 unspecified atom stereocenters. The molecule has 2 aromatic rings. The molecule has 1 N–H and O–H groups in total. The maximum Gasteiger partial charge on any atom is 0.222 e. The van der Waals surface area contributed by atoms with Crippen LogP contribution in [-0.2, 0) is 4.79 Å². The van der Waals surface area contributed by atoms with Gasteiger partial charge in [0.2, 0.25) is 5.91 Å². The van der Waals surface area contributed by atoms with Crippen LogP contribution < -0.4 is 0 Å². The fourth-order valence-corrected chi connectivity index (χ4v) is 4.80. The molecule has 0 bridgehead atoms. The van der Waals surface area contributed by atoms with Gasteiger partial charge < -0.3 is 15.2 Å². The molecule has 2 aliphatic heterocycles. The SMILES string of the molecule is C[C@@H]1C[C@H](c2ccc(C=N)c3ncccc23)CN(C(=O)CC2CN(C)C2)C1. The number of hydrogen-bond acceptors (Lipinski definition) is 4. The van der Waals surface area contributed by atoms with Gasteiger partial charge in [0.15, 0.2) is 0 Å². The minimum absolute atomic E-state index is 0.309. The Morgan fingerprint density at radius 1 is 1.26 bits per heavy atom. The summed E-state index contributed by atoms with van der Waals surface area (Å²) in [5.74, 6) is 1.65. The van der Waals surface area contributed by atoms with Crippen molar-refractivity contribution in [3.63, 3.8) is 0 Å². The zero-order valence-electron chi connectivity index (χ0n) is 16.2. The Bertz CT molecular complexity index is 859. The van der Waals surface area contributed by atoms with Crippen LogP contribution in [0.25, 0.3) is 10.9 Å². The molecule has 0 aliphatic carbocycles. The molecular weight excluding hydrogens is 336 g/mol. The number of nitrogens with one attached hydrogen (secondary N) is 1. The number of pyridine rings is 1. The molecule has 1 aromatic carbocycles. The van der Waals surface area contributed by atoms with Gasteiger partial charge in [-0.2, -0.15) is 0 Å². The highest BCUT2D eigenvalue weighted by Gasteiger charge is 2.32. The maximum absolute atomic E-state index is 12.9. The second-order valence-corrected chi connectivity index (χ2v) is 8.42. The first-order valence-corrected chi connectivity index (χ1v) is 9.89. The van der Waals surface area contributed by atoms with E-state index in [1.165, 1.54) is 11.8 Å². The summed E-state index contributed by atoms with van der Waals surface area (Å²) in [6.45, 7) is 5.99. The van der Waals surface area contributed by atoms with Crippen molar-refractivity contribution in [2.24, 2.45) is 11.8 Å². The molecule has 5 nitrogen and oxygen atoms in total. The van der Waals surface area contributed by atoms with E-state index in [1.54, 1.807) is 6.20 Å². The van der Waals surface area contributed by atoms with Gasteiger partial charge in [0.05, 0.1) is 5.52 Å². The van der Waals surface area contributed by atoms with Crippen molar-refractivity contribution in [2.75, 3.05) is 33.2 Å². The second kappa shape index (κ2) is 7.39. The van der Waals surface area contributed by atoms with Gasteiger partial charge in [-0.1, -0.05) is 25.1 Å². The first-order valence-electron chi connectivity index (χ1n) is 9.89. The van der Waals surface area contributed by atoms with Crippen molar-refractivity contribution in [1.82, 2.24) is 14.8 Å². The molecule has 0 spiro atoms. The third kappa shape index (κ3) is 3.61. The number of nitrogens with zero attached hydrogens (tertiary/aromatic N) is 3. The summed E-state index contributed by atoms with van der Waals surface area (Å²) >= 11 is 0. The van der Waals surface area contributed by atoms with Crippen molar-refractivity contribution >= 4 is 23.0 Å². The quantitative estimate of drug-likeness (QED) is 0.848. The van der Waals surface area contributed by atoms with E-state index in [1.807, 2.05) is 12.1 Å². The van der Waals surface area contributed by atoms with Crippen molar-refractivity contribution in [3.8, 4) is 0 Å². The van der Waals surface area contributed by atoms with E-state index in [0.717, 1.165) is 49.1 Å². The van der Waals surface area contributed by atoms with E-state index < -0.39 is 0 Å². The fourth-order valence-electron chi connectivity index (χ4n) is 4.80. The van der Waals surface area contributed by atoms with Gasteiger partial charge in [0.1, 0.15) is 0 Å².